The molecule has 4 nitrogen and oxygen atoms in total. The second-order valence-corrected chi connectivity index (χ2v) is 10.1. The molecule has 24 heavy (non-hydrogen) atoms. The molecule has 2 rings (SSSR count). The first-order chi connectivity index (χ1) is 11.3. The fraction of sp³-hybridized carbons (Fsp3) is 0.235. The third kappa shape index (κ3) is 5.65. The normalized spacial score (nSPS) is 11.5. The Morgan fingerprint density at radius 2 is 1.54 bits per heavy atom. The Labute approximate surface area is 155 Å². The van der Waals surface area contributed by atoms with E-state index in [1.165, 1.54) is 0 Å². The molecule has 7 heteroatoms. The van der Waals surface area contributed by atoms with Gasteiger partial charge in [0.05, 0.1) is 5.25 Å². The summed E-state index contributed by atoms with van der Waals surface area (Å²) in [7, 11) is -3.39. The SMILES string of the molecule is CC(C)S(=O)(=O)CC(=O)Nc1ccc(Sc2ccc(Br)cc2)cc1. The van der Waals surface area contributed by atoms with Gasteiger partial charge < -0.3 is 5.32 Å². The van der Waals surface area contributed by atoms with Crippen LogP contribution in [0.15, 0.2) is 62.8 Å². The molecular formula is C17H18BrNO3S2. The topological polar surface area (TPSA) is 63.2 Å². The van der Waals surface area contributed by atoms with Crippen molar-refractivity contribution in [2.45, 2.75) is 28.9 Å². The molecule has 0 unspecified atom stereocenters. The van der Waals surface area contributed by atoms with Crippen LogP contribution in [0.2, 0.25) is 0 Å². The van der Waals surface area contributed by atoms with E-state index in [2.05, 4.69) is 21.2 Å². The van der Waals surface area contributed by atoms with E-state index in [-0.39, 0.29) is 0 Å². The molecule has 0 aliphatic heterocycles. The fourth-order valence-electron chi connectivity index (χ4n) is 1.79. The number of sulfone groups is 1. The van der Waals surface area contributed by atoms with Gasteiger partial charge in [0.2, 0.25) is 5.91 Å². The lowest BCUT2D eigenvalue weighted by Gasteiger charge is -2.09. The summed E-state index contributed by atoms with van der Waals surface area (Å²) >= 11 is 5.01. The highest BCUT2D eigenvalue weighted by Crippen LogP contribution is 2.29. The summed E-state index contributed by atoms with van der Waals surface area (Å²) in [6.45, 7) is 3.13. The highest BCUT2D eigenvalue weighted by atomic mass is 79.9. The van der Waals surface area contributed by atoms with Gasteiger partial charge in [0.25, 0.3) is 0 Å². The van der Waals surface area contributed by atoms with E-state index in [0.717, 1.165) is 14.3 Å². The number of anilines is 1. The Hall–Kier alpha value is -1.31. The molecule has 0 atom stereocenters. The van der Waals surface area contributed by atoms with E-state index >= 15 is 0 Å². The number of benzene rings is 2. The van der Waals surface area contributed by atoms with Crippen LogP contribution in [0, 0.1) is 0 Å². The Kier molecular flexibility index (Phi) is 6.48. The number of hydrogen-bond donors (Lipinski definition) is 1. The van der Waals surface area contributed by atoms with Crippen LogP contribution < -0.4 is 5.32 Å². The lowest BCUT2D eigenvalue weighted by molar-refractivity contribution is -0.113. The fourth-order valence-corrected chi connectivity index (χ4v) is 3.64. The minimum absolute atomic E-state index is 0.500. The number of halogens is 1. The predicted molar refractivity (Wildman–Crippen MR) is 102 cm³/mol. The molecule has 0 aromatic heterocycles. The van der Waals surface area contributed by atoms with Gasteiger partial charge in [-0.2, -0.15) is 0 Å². The number of carbonyl (C=O) groups excluding carboxylic acids is 1. The first kappa shape index (κ1) is 19.0. The van der Waals surface area contributed by atoms with Crippen LogP contribution in [0.1, 0.15) is 13.8 Å². The summed E-state index contributed by atoms with van der Waals surface area (Å²) in [6.07, 6.45) is 0. The van der Waals surface area contributed by atoms with Crippen molar-refractivity contribution >= 4 is 49.1 Å². The molecule has 0 aliphatic carbocycles. The molecule has 0 radical (unpaired) electrons. The van der Waals surface area contributed by atoms with Crippen LogP contribution in [0.3, 0.4) is 0 Å². The van der Waals surface area contributed by atoms with Crippen molar-refractivity contribution in [3.63, 3.8) is 0 Å². The molecule has 1 N–H and O–H groups in total. The van der Waals surface area contributed by atoms with Crippen LogP contribution in [-0.2, 0) is 14.6 Å². The van der Waals surface area contributed by atoms with Crippen molar-refractivity contribution in [3.05, 3.63) is 53.0 Å². The Bertz CT molecular complexity index is 801. The van der Waals surface area contributed by atoms with Gasteiger partial charge in [0.15, 0.2) is 9.84 Å². The number of carbonyl (C=O) groups is 1. The zero-order valence-electron chi connectivity index (χ0n) is 13.3. The number of rotatable bonds is 6. The number of hydrogen-bond acceptors (Lipinski definition) is 4. The van der Waals surface area contributed by atoms with Crippen molar-refractivity contribution in [1.29, 1.82) is 0 Å². The molecular weight excluding hydrogens is 410 g/mol. The van der Waals surface area contributed by atoms with Crippen LogP contribution in [0.5, 0.6) is 0 Å². The highest BCUT2D eigenvalue weighted by molar-refractivity contribution is 9.10. The molecule has 1 amide bonds. The molecule has 0 spiro atoms. The lowest BCUT2D eigenvalue weighted by atomic mass is 10.3. The summed E-state index contributed by atoms with van der Waals surface area (Å²) in [5.41, 5.74) is 0.583. The Morgan fingerprint density at radius 1 is 1.04 bits per heavy atom. The Morgan fingerprint density at radius 3 is 2.04 bits per heavy atom. The van der Waals surface area contributed by atoms with E-state index in [1.54, 1.807) is 37.7 Å². The Balaban J connectivity index is 1.97. The van der Waals surface area contributed by atoms with Crippen LogP contribution in [-0.4, -0.2) is 25.3 Å². The van der Waals surface area contributed by atoms with Crippen molar-refractivity contribution in [1.82, 2.24) is 0 Å². The molecule has 0 saturated heterocycles. The van der Waals surface area contributed by atoms with Gasteiger partial charge >= 0.3 is 0 Å². The van der Waals surface area contributed by atoms with Crippen molar-refractivity contribution in [2.24, 2.45) is 0 Å². The standard InChI is InChI=1S/C17H18BrNO3S2/c1-12(2)24(21,22)11-17(20)19-14-5-9-16(10-6-14)23-15-7-3-13(18)4-8-15/h3-10,12H,11H2,1-2H3,(H,19,20). The zero-order valence-corrected chi connectivity index (χ0v) is 16.5. The second kappa shape index (κ2) is 8.18. The first-order valence-corrected chi connectivity index (χ1v) is 10.6. The summed E-state index contributed by atoms with van der Waals surface area (Å²) in [5.74, 6) is -1.02. The van der Waals surface area contributed by atoms with Crippen LogP contribution >= 0.6 is 27.7 Å². The van der Waals surface area contributed by atoms with Gasteiger partial charge in [-0.1, -0.05) is 27.7 Å². The lowest BCUT2D eigenvalue weighted by Crippen LogP contribution is -2.27. The molecule has 0 fully saturated rings. The van der Waals surface area contributed by atoms with E-state index in [9.17, 15) is 13.2 Å². The van der Waals surface area contributed by atoms with Crippen LogP contribution in [0.25, 0.3) is 0 Å². The summed E-state index contributed by atoms with van der Waals surface area (Å²) in [5, 5.41) is 2.06. The van der Waals surface area contributed by atoms with Crippen molar-refractivity contribution in [2.75, 3.05) is 11.1 Å². The van der Waals surface area contributed by atoms with Crippen molar-refractivity contribution < 1.29 is 13.2 Å². The van der Waals surface area contributed by atoms with Crippen LogP contribution in [0.4, 0.5) is 5.69 Å². The maximum absolute atomic E-state index is 11.8. The summed E-state index contributed by atoms with van der Waals surface area (Å²) in [4.78, 5) is 14.0. The highest BCUT2D eigenvalue weighted by Gasteiger charge is 2.20. The van der Waals surface area contributed by atoms with Gasteiger partial charge in [0.1, 0.15) is 5.75 Å². The average molecular weight is 428 g/mol. The molecule has 0 saturated carbocycles. The summed E-state index contributed by atoms with van der Waals surface area (Å²) in [6, 6.07) is 15.3. The maximum Gasteiger partial charge on any atom is 0.239 e. The number of amides is 1. The van der Waals surface area contributed by atoms with E-state index in [0.29, 0.717) is 5.69 Å². The molecule has 0 bridgehead atoms. The second-order valence-electron chi connectivity index (χ2n) is 5.48. The third-order valence-electron chi connectivity index (χ3n) is 3.24. The molecule has 0 aliphatic rings. The van der Waals surface area contributed by atoms with E-state index < -0.39 is 26.7 Å². The maximum atomic E-state index is 11.8. The van der Waals surface area contributed by atoms with Gasteiger partial charge in [-0.25, -0.2) is 8.42 Å². The quantitative estimate of drug-likeness (QED) is 0.743. The summed E-state index contributed by atoms with van der Waals surface area (Å²) < 4.78 is 24.5. The smallest absolute Gasteiger partial charge is 0.239 e. The first-order valence-electron chi connectivity index (χ1n) is 7.31. The minimum Gasteiger partial charge on any atom is -0.325 e. The number of nitrogens with one attached hydrogen (secondary N) is 1. The van der Waals surface area contributed by atoms with Gasteiger partial charge in [-0.15, -0.1) is 0 Å². The zero-order chi connectivity index (χ0) is 17.7. The molecule has 2 aromatic carbocycles. The predicted octanol–water partition coefficient (Wildman–Crippen LogP) is 4.36. The molecule has 0 heterocycles. The van der Waals surface area contributed by atoms with Gasteiger partial charge in [0, 0.05) is 20.0 Å². The van der Waals surface area contributed by atoms with E-state index in [4.69, 9.17) is 0 Å². The van der Waals surface area contributed by atoms with Gasteiger partial charge in [-0.3, -0.25) is 4.79 Å². The third-order valence-corrected chi connectivity index (χ3v) is 6.88. The molecule has 2 aromatic rings. The largest absolute Gasteiger partial charge is 0.325 e. The monoisotopic (exact) mass is 427 g/mol. The van der Waals surface area contributed by atoms with Crippen molar-refractivity contribution in [3.8, 4) is 0 Å². The molecule has 128 valence electrons. The average Bonchev–Trinajstić information content (AvgIpc) is 2.51. The minimum atomic E-state index is -3.39. The van der Waals surface area contributed by atoms with Gasteiger partial charge in [-0.05, 0) is 62.4 Å². The van der Waals surface area contributed by atoms with E-state index in [1.807, 2.05) is 36.4 Å².